The number of pyridine rings is 1. The monoisotopic (exact) mass is 449 g/mol. The van der Waals surface area contributed by atoms with E-state index in [4.69, 9.17) is 11.6 Å². The summed E-state index contributed by atoms with van der Waals surface area (Å²) in [6, 6.07) is 19.3. The summed E-state index contributed by atoms with van der Waals surface area (Å²) in [5.41, 5.74) is 2.64. The van der Waals surface area contributed by atoms with Crippen LogP contribution in [0.15, 0.2) is 66.7 Å². The third-order valence-corrected chi connectivity index (χ3v) is 6.48. The number of carbonyl (C=O) groups is 2. The fourth-order valence-electron chi connectivity index (χ4n) is 4.51. The molecule has 1 heterocycles. The Labute approximate surface area is 192 Å². The highest BCUT2D eigenvalue weighted by Crippen LogP contribution is 2.33. The van der Waals surface area contributed by atoms with Gasteiger partial charge in [-0.25, -0.2) is 9.37 Å². The molecule has 0 atom stereocenters. The van der Waals surface area contributed by atoms with Crippen LogP contribution in [0, 0.1) is 17.7 Å². The molecule has 0 unspecified atom stereocenters. The lowest BCUT2D eigenvalue weighted by Gasteiger charge is -2.27. The third kappa shape index (κ3) is 5.49. The van der Waals surface area contributed by atoms with Crippen molar-refractivity contribution in [1.29, 1.82) is 0 Å². The van der Waals surface area contributed by atoms with Crippen LogP contribution in [0.4, 0.5) is 4.39 Å². The van der Waals surface area contributed by atoms with Crippen LogP contribution in [0.3, 0.4) is 0 Å². The Morgan fingerprint density at radius 1 is 0.938 bits per heavy atom. The van der Waals surface area contributed by atoms with Crippen LogP contribution >= 0.6 is 11.6 Å². The number of Topliss-reactive ketones (excluding diaryl/α,β-unsaturated/α-hetero) is 2. The number of hydrogen-bond acceptors (Lipinski definition) is 3. The highest BCUT2D eigenvalue weighted by molar-refractivity contribution is 6.29. The van der Waals surface area contributed by atoms with E-state index in [2.05, 4.69) is 4.98 Å². The van der Waals surface area contributed by atoms with Crippen molar-refractivity contribution >= 4 is 23.2 Å². The summed E-state index contributed by atoms with van der Waals surface area (Å²) in [6.07, 6.45) is 4.11. The molecule has 0 aliphatic heterocycles. The summed E-state index contributed by atoms with van der Waals surface area (Å²) in [5, 5.41) is 0.323. The van der Waals surface area contributed by atoms with Gasteiger partial charge in [-0.3, -0.25) is 9.59 Å². The number of nitrogens with zero attached hydrogens (tertiary/aromatic N) is 1. The molecule has 2 aromatic carbocycles. The first-order chi connectivity index (χ1) is 15.5. The number of halogens is 2. The molecule has 3 nitrogen and oxygen atoms in total. The highest BCUT2D eigenvalue weighted by atomic mass is 35.5. The number of ketones is 2. The van der Waals surface area contributed by atoms with Crippen molar-refractivity contribution in [3.05, 3.63) is 89.0 Å². The molecular formula is C27H25ClFNO2. The normalized spacial score (nSPS) is 18.3. The SMILES string of the molecule is O=C(CC1CCC(C(=O)Cc2cccc(-c3ccccc3F)c2)CC1)c1cccc(Cl)n1. The molecule has 5 heteroatoms. The Hall–Kier alpha value is -2.85. The van der Waals surface area contributed by atoms with Gasteiger partial charge in [0, 0.05) is 24.3 Å². The topological polar surface area (TPSA) is 47.0 Å². The molecule has 1 aromatic heterocycles. The average Bonchev–Trinajstić information content (AvgIpc) is 2.80. The maximum absolute atomic E-state index is 14.1. The van der Waals surface area contributed by atoms with Crippen molar-refractivity contribution in [3.8, 4) is 11.1 Å². The molecule has 1 aliphatic carbocycles. The van der Waals surface area contributed by atoms with E-state index in [1.54, 1.807) is 30.3 Å². The van der Waals surface area contributed by atoms with Crippen LogP contribution in [0.1, 0.15) is 48.2 Å². The van der Waals surface area contributed by atoms with Crippen molar-refractivity contribution in [1.82, 2.24) is 4.98 Å². The molecule has 4 rings (SSSR count). The molecule has 0 saturated heterocycles. The Balaban J connectivity index is 1.32. The number of hydrogen-bond donors (Lipinski definition) is 0. The van der Waals surface area contributed by atoms with Gasteiger partial charge in [0.1, 0.15) is 22.4 Å². The van der Waals surface area contributed by atoms with Gasteiger partial charge in [0.05, 0.1) is 0 Å². The maximum Gasteiger partial charge on any atom is 0.181 e. The van der Waals surface area contributed by atoms with E-state index < -0.39 is 0 Å². The molecule has 0 amide bonds. The first kappa shape index (κ1) is 22.3. The second-order valence-corrected chi connectivity index (χ2v) is 8.90. The van der Waals surface area contributed by atoms with Crippen LogP contribution in [0.5, 0.6) is 0 Å². The molecule has 0 N–H and O–H groups in total. The number of carbonyl (C=O) groups excluding carboxylic acids is 2. The fraction of sp³-hybridized carbons (Fsp3) is 0.296. The Kier molecular flexibility index (Phi) is 7.11. The number of aromatic nitrogens is 1. The summed E-state index contributed by atoms with van der Waals surface area (Å²) in [7, 11) is 0. The molecule has 32 heavy (non-hydrogen) atoms. The molecular weight excluding hydrogens is 425 g/mol. The lowest BCUT2D eigenvalue weighted by atomic mass is 9.77. The van der Waals surface area contributed by atoms with Crippen LogP contribution in [-0.2, 0) is 11.2 Å². The van der Waals surface area contributed by atoms with E-state index in [-0.39, 0.29) is 29.2 Å². The van der Waals surface area contributed by atoms with Crippen molar-refractivity contribution in [2.75, 3.05) is 0 Å². The zero-order chi connectivity index (χ0) is 22.5. The third-order valence-electron chi connectivity index (χ3n) is 6.27. The van der Waals surface area contributed by atoms with Gasteiger partial charge in [-0.05, 0) is 60.9 Å². The van der Waals surface area contributed by atoms with Crippen LogP contribution < -0.4 is 0 Å². The molecule has 1 fully saturated rings. The molecule has 1 saturated carbocycles. The van der Waals surface area contributed by atoms with Crippen molar-refractivity contribution in [3.63, 3.8) is 0 Å². The maximum atomic E-state index is 14.1. The quantitative estimate of drug-likeness (QED) is 0.296. The lowest BCUT2D eigenvalue weighted by molar-refractivity contribution is -0.123. The second kappa shape index (κ2) is 10.2. The first-order valence-electron chi connectivity index (χ1n) is 11.0. The minimum absolute atomic E-state index is 0.00670. The smallest absolute Gasteiger partial charge is 0.181 e. The predicted octanol–water partition coefficient (Wildman–Crippen LogP) is 6.73. The molecule has 164 valence electrons. The van der Waals surface area contributed by atoms with Crippen molar-refractivity contribution in [2.45, 2.75) is 38.5 Å². The largest absolute Gasteiger partial charge is 0.299 e. The molecule has 3 aromatic rings. The minimum atomic E-state index is -0.267. The number of benzene rings is 2. The molecule has 0 bridgehead atoms. The summed E-state index contributed by atoms with van der Waals surface area (Å²) in [4.78, 5) is 29.5. The van der Waals surface area contributed by atoms with Gasteiger partial charge in [-0.2, -0.15) is 0 Å². The summed E-state index contributed by atoms with van der Waals surface area (Å²) in [6.45, 7) is 0. The fourth-order valence-corrected chi connectivity index (χ4v) is 4.67. The highest BCUT2D eigenvalue weighted by Gasteiger charge is 2.28. The van der Waals surface area contributed by atoms with Gasteiger partial charge in [0.2, 0.25) is 0 Å². The second-order valence-electron chi connectivity index (χ2n) is 8.51. The van der Waals surface area contributed by atoms with Gasteiger partial charge in [-0.15, -0.1) is 0 Å². The Morgan fingerprint density at radius 3 is 2.44 bits per heavy atom. The van der Waals surface area contributed by atoms with Crippen molar-refractivity contribution < 1.29 is 14.0 Å². The zero-order valence-electron chi connectivity index (χ0n) is 17.8. The van der Waals surface area contributed by atoms with E-state index in [1.165, 1.54) is 6.07 Å². The molecule has 1 aliphatic rings. The Morgan fingerprint density at radius 2 is 1.69 bits per heavy atom. The van der Waals surface area contributed by atoms with Gasteiger partial charge < -0.3 is 0 Å². The van der Waals surface area contributed by atoms with Crippen LogP contribution in [0.2, 0.25) is 5.15 Å². The minimum Gasteiger partial charge on any atom is -0.299 e. The van der Waals surface area contributed by atoms with Gasteiger partial charge in [-0.1, -0.05) is 60.1 Å². The average molecular weight is 450 g/mol. The Bertz CT molecular complexity index is 1120. The number of rotatable bonds is 7. The standard InChI is InChI=1S/C27H25ClFNO2/c28-27-10-4-9-24(30-27)26(32)16-18-11-13-20(14-12-18)25(31)17-19-5-3-6-21(15-19)22-7-1-2-8-23(22)29/h1-10,15,18,20H,11-14,16-17H2. The molecule has 0 radical (unpaired) electrons. The predicted molar refractivity (Wildman–Crippen MR) is 124 cm³/mol. The van der Waals surface area contributed by atoms with E-state index >= 15 is 0 Å². The summed E-state index contributed by atoms with van der Waals surface area (Å²) in [5.74, 6) is 0.250. The van der Waals surface area contributed by atoms with E-state index in [0.717, 1.165) is 36.8 Å². The van der Waals surface area contributed by atoms with E-state index in [9.17, 15) is 14.0 Å². The molecule has 0 spiro atoms. The van der Waals surface area contributed by atoms with Crippen LogP contribution in [-0.4, -0.2) is 16.6 Å². The van der Waals surface area contributed by atoms with E-state index in [0.29, 0.717) is 29.3 Å². The van der Waals surface area contributed by atoms with Gasteiger partial charge in [0.15, 0.2) is 5.78 Å². The van der Waals surface area contributed by atoms with Gasteiger partial charge >= 0.3 is 0 Å². The lowest BCUT2D eigenvalue weighted by Crippen LogP contribution is -2.24. The summed E-state index contributed by atoms with van der Waals surface area (Å²) >= 11 is 5.88. The summed E-state index contributed by atoms with van der Waals surface area (Å²) < 4.78 is 14.1. The van der Waals surface area contributed by atoms with E-state index in [1.807, 2.05) is 30.3 Å². The zero-order valence-corrected chi connectivity index (χ0v) is 18.5. The first-order valence-corrected chi connectivity index (χ1v) is 11.4. The van der Waals surface area contributed by atoms with Crippen molar-refractivity contribution in [2.24, 2.45) is 11.8 Å². The van der Waals surface area contributed by atoms with Gasteiger partial charge in [0.25, 0.3) is 0 Å². The van der Waals surface area contributed by atoms with Crippen LogP contribution in [0.25, 0.3) is 11.1 Å².